The molecule has 5 atom stereocenters. The standard InChI is InChI=1S/C26H39N7O7/c1-14(34)22(29)25(38)33-20(12-15-13-30-17-7-3-2-6-16(15)17)24(37)31-18(8-4-5-11-27)23(36)32-19(26(39)40)9-10-21(28)35/h2-3,6-7,13-14,18-20,22,30,34H,4-5,8-12,27,29H2,1H3,(H2,28,35)(H,31,37)(H,32,36)(H,33,38)(H,39,40). The van der Waals surface area contributed by atoms with Gasteiger partial charge in [-0.2, -0.15) is 0 Å². The van der Waals surface area contributed by atoms with Crippen LogP contribution in [0.3, 0.4) is 0 Å². The number of hydrogen-bond acceptors (Lipinski definition) is 8. The molecule has 4 amide bonds. The summed E-state index contributed by atoms with van der Waals surface area (Å²) in [6.07, 6.45) is 1.19. The Morgan fingerprint density at radius 3 is 2.17 bits per heavy atom. The van der Waals surface area contributed by atoms with E-state index < -0.39 is 59.9 Å². The van der Waals surface area contributed by atoms with Crippen LogP contribution < -0.4 is 33.2 Å². The molecule has 0 bridgehead atoms. The predicted molar refractivity (Wildman–Crippen MR) is 146 cm³/mol. The highest BCUT2D eigenvalue weighted by atomic mass is 16.4. The average molecular weight is 562 g/mol. The lowest BCUT2D eigenvalue weighted by Gasteiger charge is -2.25. The molecule has 0 fully saturated rings. The maximum absolute atomic E-state index is 13.5. The highest BCUT2D eigenvalue weighted by Crippen LogP contribution is 2.19. The molecular formula is C26H39N7O7. The average Bonchev–Trinajstić information content (AvgIpc) is 3.31. The molecule has 220 valence electrons. The lowest BCUT2D eigenvalue weighted by Crippen LogP contribution is -2.58. The number of unbranched alkanes of at least 4 members (excludes halogenated alkanes) is 1. The molecule has 0 spiro atoms. The Morgan fingerprint density at radius 2 is 1.55 bits per heavy atom. The van der Waals surface area contributed by atoms with E-state index in [1.165, 1.54) is 6.92 Å². The molecule has 2 rings (SSSR count). The molecule has 5 unspecified atom stereocenters. The molecule has 1 aromatic heterocycles. The van der Waals surface area contributed by atoms with Crippen LogP contribution in [-0.4, -0.2) is 81.6 Å². The number of rotatable bonds is 17. The fourth-order valence-corrected chi connectivity index (χ4v) is 4.07. The van der Waals surface area contributed by atoms with Gasteiger partial charge in [-0.1, -0.05) is 18.2 Å². The maximum Gasteiger partial charge on any atom is 0.326 e. The van der Waals surface area contributed by atoms with Crippen molar-refractivity contribution in [3.05, 3.63) is 36.0 Å². The first-order chi connectivity index (χ1) is 18.9. The van der Waals surface area contributed by atoms with Gasteiger partial charge in [-0.3, -0.25) is 19.2 Å². The molecule has 0 saturated carbocycles. The number of H-pyrrole nitrogens is 1. The van der Waals surface area contributed by atoms with Crippen LogP contribution in [0.4, 0.5) is 0 Å². The maximum atomic E-state index is 13.5. The number of aromatic nitrogens is 1. The molecule has 0 aliphatic heterocycles. The molecule has 12 N–H and O–H groups in total. The fraction of sp³-hybridized carbons (Fsp3) is 0.500. The zero-order valence-corrected chi connectivity index (χ0v) is 22.4. The number of carbonyl (C=O) groups excluding carboxylic acids is 4. The van der Waals surface area contributed by atoms with E-state index in [1.807, 2.05) is 24.3 Å². The second kappa shape index (κ2) is 15.5. The largest absolute Gasteiger partial charge is 0.480 e. The van der Waals surface area contributed by atoms with Gasteiger partial charge in [-0.15, -0.1) is 0 Å². The zero-order valence-electron chi connectivity index (χ0n) is 22.4. The van der Waals surface area contributed by atoms with E-state index in [4.69, 9.17) is 17.2 Å². The number of nitrogens with one attached hydrogen (secondary N) is 4. The third-order valence-electron chi connectivity index (χ3n) is 6.43. The summed E-state index contributed by atoms with van der Waals surface area (Å²) in [5.74, 6) is -4.34. The number of hydrogen-bond donors (Lipinski definition) is 9. The van der Waals surface area contributed by atoms with Crippen molar-refractivity contribution in [2.24, 2.45) is 17.2 Å². The van der Waals surface area contributed by atoms with Crippen molar-refractivity contribution in [1.29, 1.82) is 0 Å². The lowest BCUT2D eigenvalue weighted by molar-refractivity contribution is -0.142. The summed E-state index contributed by atoms with van der Waals surface area (Å²) in [7, 11) is 0. The minimum absolute atomic E-state index is 0.0294. The first kappa shape index (κ1) is 32.2. The fourth-order valence-electron chi connectivity index (χ4n) is 4.07. The number of aromatic amines is 1. The molecule has 1 heterocycles. The Morgan fingerprint density at radius 1 is 0.925 bits per heavy atom. The van der Waals surface area contributed by atoms with Crippen molar-refractivity contribution in [2.45, 2.75) is 75.7 Å². The van der Waals surface area contributed by atoms with Gasteiger partial charge in [-0.25, -0.2) is 4.79 Å². The Kier molecular flexibility index (Phi) is 12.5. The van der Waals surface area contributed by atoms with Crippen molar-refractivity contribution in [3.8, 4) is 0 Å². The van der Waals surface area contributed by atoms with Crippen molar-refractivity contribution in [2.75, 3.05) is 6.54 Å². The molecule has 0 radical (unpaired) electrons. The van der Waals surface area contributed by atoms with E-state index in [0.717, 1.165) is 10.9 Å². The van der Waals surface area contributed by atoms with E-state index in [-0.39, 0.29) is 25.7 Å². The SMILES string of the molecule is CC(O)C(N)C(=O)NC(Cc1c[nH]c2ccccc12)C(=O)NC(CCCCN)C(=O)NC(CCC(N)=O)C(=O)O. The first-order valence-corrected chi connectivity index (χ1v) is 13.1. The number of carboxylic acid groups (broad SMARTS) is 1. The quantitative estimate of drug-likeness (QED) is 0.100. The van der Waals surface area contributed by atoms with E-state index >= 15 is 0 Å². The number of carboxylic acids is 1. The number of para-hydroxylation sites is 1. The van der Waals surface area contributed by atoms with Crippen LogP contribution in [0.25, 0.3) is 10.9 Å². The third kappa shape index (κ3) is 9.63. The van der Waals surface area contributed by atoms with Crippen LogP contribution in [0.1, 0.15) is 44.6 Å². The van der Waals surface area contributed by atoms with Gasteiger partial charge in [0.15, 0.2) is 0 Å². The first-order valence-electron chi connectivity index (χ1n) is 13.1. The number of primary amides is 1. The highest BCUT2D eigenvalue weighted by molar-refractivity contribution is 5.95. The molecule has 0 aliphatic rings. The number of aliphatic hydroxyl groups is 1. The minimum Gasteiger partial charge on any atom is -0.480 e. The van der Waals surface area contributed by atoms with Crippen LogP contribution in [-0.2, 0) is 30.4 Å². The van der Waals surface area contributed by atoms with Crippen LogP contribution >= 0.6 is 0 Å². The van der Waals surface area contributed by atoms with Gasteiger partial charge in [-0.05, 0) is 50.8 Å². The summed E-state index contributed by atoms with van der Waals surface area (Å²) in [6.45, 7) is 1.68. The molecule has 1 aromatic carbocycles. The monoisotopic (exact) mass is 561 g/mol. The van der Waals surface area contributed by atoms with Crippen molar-refractivity contribution in [3.63, 3.8) is 0 Å². The normalized spacial score (nSPS) is 14.9. The molecule has 2 aromatic rings. The summed E-state index contributed by atoms with van der Waals surface area (Å²) < 4.78 is 0. The van der Waals surface area contributed by atoms with E-state index in [1.54, 1.807) is 6.20 Å². The Balaban J connectivity index is 2.29. The Bertz CT molecular complexity index is 1180. The zero-order chi connectivity index (χ0) is 29.8. The smallest absolute Gasteiger partial charge is 0.326 e. The number of nitrogens with two attached hydrogens (primary N) is 3. The van der Waals surface area contributed by atoms with Gasteiger partial charge >= 0.3 is 5.97 Å². The van der Waals surface area contributed by atoms with Gasteiger partial charge < -0.3 is 48.3 Å². The predicted octanol–water partition coefficient (Wildman–Crippen LogP) is -1.65. The second-order valence-corrected chi connectivity index (χ2v) is 9.64. The number of aliphatic hydroxyl groups excluding tert-OH is 1. The van der Waals surface area contributed by atoms with Gasteiger partial charge in [0.25, 0.3) is 0 Å². The summed E-state index contributed by atoms with van der Waals surface area (Å²) >= 11 is 0. The van der Waals surface area contributed by atoms with E-state index in [0.29, 0.717) is 24.9 Å². The van der Waals surface area contributed by atoms with Gasteiger partial charge in [0.1, 0.15) is 24.2 Å². The molecule has 0 aliphatic carbocycles. The van der Waals surface area contributed by atoms with Crippen molar-refractivity contribution >= 4 is 40.5 Å². The van der Waals surface area contributed by atoms with E-state index in [2.05, 4.69) is 20.9 Å². The van der Waals surface area contributed by atoms with Gasteiger partial charge in [0.05, 0.1) is 6.10 Å². The molecule has 14 heteroatoms. The summed E-state index contributed by atoms with van der Waals surface area (Å²) in [4.78, 5) is 65.1. The number of fused-ring (bicyclic) bond motifs is 1. The number of amides is 4. The number of aliphatic carboxylic acids is 1. The molecular weight excluding hydrogens is 522 g/mol. The number of benzene rings is 1. The van der Waals surface area contributed by atoms with Crippen LogP contribution in [0.5, 0.6) is 0 Å². The summed E-state index contributed by atoms with van der Waals surface area (Å²) in [6, 6.07) is 2.31. The number of carbonyl (C=O) groups is 5. The van der Waals surface area contributed by atoms with E-state index in [9.17, 15) is 34.2 Å². The highest BCUT2D eigenvalue weighted by Gasteiger charge is 2.31. The van der Waals surface area contributed by atoms with Crippen molar-refractivity contribution < 1.29 is 34.2 Å². The molecule has 40 heavy (non-hydrogen) atoms. The minimum atomic E-state index is -1.40. The van der Waals surface area contributed by atoms with Crippen LogP contribution in [0.2, 0.25) is 0 Å². The van der Waals surface area contributed by atoms with Gasteiger partial charge in [0, 0.05) is 29.9 Å². The van der Waals surface area contributed by atoms with Gasteiger partial charge in [0.2, 0.25) is 23.6 Å². The third-order valence-corrected chi connectivity index (χ3v) is 6.43. The summed E-state index contributed by atoms with van der Waals surface area (Å²) in [5, 5.41) is 27.6. The second-order valence-electron chi connectivity index (χ2n) is 9.64. The molecule has 14 nitrogen and oxygen atoms in total. The lowest BCUT2D eigenvalue weighted by atomic mass is 10.0. The Hall–Kier alpha value is -4.01. The van der Waals surface area contributed by atoms with Crippen LogP contribution in [0.15, 0.2) is 30.5 Å². The Labute approximate surface area is 231 Å². The van der Waals surface area contributed by atoms with Crippen LogP contribution in [0, 0.1) is 0 Å². The van der Waals surface area contributed by atoms with Crippen molar-refractivity contribution in [1.82, 2.24) is 20.9 Å². The summed E-state index contributed by atoms with van der Waals surface area (Å²) in [5.41, 5.74) is 18.0. The molecule has 0 saturated heterocycles. The topological polar surface area (TPSA) is 256 Å².